The van der Waals surface area contributed by atoms with Gasteiger partial charge in [0.25, 0.3) is 5.69 Å². The number of aromatic nitrogens is 4. The van der Waals surface area contributed by atoms with E-state index in [4.69, 9.17) is 36.2 Å². The van der Waals surface area contributed by atoms with Crippen LogP contribution in [-0.4, -0.2) is 150 Å². The van der Waals surface area contributed by atoms with Crippen LogP contribution >= 0.6 is 69.7 Å². The SMILES string of the molecule is CN(C(=O)OC(C)(C)C)C1CC=C(c2c[nH]c3ccc(CC(=N)c4cccs4)cc23)CC1.CN(C(=O)OC(C)(C)C)C1CC=C(c2c[nH]c3ccc(N)cc23)CC1.CN(C(=O)OC(C)(C)C)C1CC=C(c2c[nH]c3ccc([N+](=O)[O-])cc23)CC1.CNC1CC=C(c2c[nH]c3ccc(CC(=N)c4cccs4)cc23)CC1.CSC(=N)c1cccs1.I. The molecule has 0 saturated carbocycles. The number of nitrogens with one attached hydrogen (secondary N) is 8. The van der Waals surface area contributed by atoms with Crippen LogP contribution in [0.3, 0.4) is 0 Å². The molecule has 0 bridgehead atoms. The van der Waals surface area contributed by atoms with Gasteiger partial charge in [-0.3, -0.25) is 15.5 Å². The second-order valence-electron chi connectivity index (χ2n) is 33.4. The summed E-state index contributed by atoms with van der Waals surface area (Å²) in [7, 11) is 7.47. The lowest BCUT2D eigenvalue weighted by Crippen LogP contribution is -2.41. The molecule has 10 N–H and O–H groups in total. The lowest BCUT2D eigenvalue weighted by Gasteiger charge is -2.32. The molecule has 4 aromatic carbocycles. The zero-order valence-corrected chi connectivity index (χ0v) is 76.2. The molecule has 3 amide bonds. The summed E-state index contributed by atoms with van der Waals surface area (Å²) in [6.45, 7) is 16.9. The van der Waals surface area contributed by atoms with E-state index < -0.39 is 16.8 Å². The number of rotatable bonds is 16. The number of H-pyrrole nitrogens is 4. The molecule has 0 aliphatic heterocycles. The fraction of sp³-hybridized carbons (Fsp3) is 0.376. The Bertz CT molecular complexity index is 5490. The molecule has 0 fully saturated rings. The number of anilines is 1. The van der Waals surface area contributed by atoms with Crippen LogP contribution in [0.15, 0.2) is 174 Å². The number of hydrogen-bond donors (Lipinski definition) is 9. The second kappa shape index (κ2) is 40.9. The quantitative estimate of drug-likeness (QED) is 0.00833. The zero-order chi connectivity index (χ0) is 84.8. The molecule has 15 rings (SSSR count). The van der Waals surface area contributed by atoms with E-state index in [1.54, 1.807) is 67.9 Å². The summed E-state index contributed by atoms with van der Waals surface area (Å²) < 4.78 is 16.4. The first-order chi connectivity index (χ1) is 56.2. The van der Waals surface area contributed by atoms with Gasteiger partial charge in [0.15, 0.2) is 0 Å². The Morgan fingerprint density at radius 2 is 0.840 bits per heavy atom. The van der Waals surface area contributed by atoms with E-state index in [1.807, 2.05) is 173 Å². The van der Waals surface area contributed by atoms with Crippen molar-refractivity contribution >= 4 is 182 Å². The molecule has 11 aromatic rings. The van der Waals surface area contributed by atoms with Gasteiger partial charge in [-0.1, -0.05) is 54.6 Å². The van der Waals surface area contributed by atoms with Gasteiger partial charge < -0.3 is 70.7 Å². The number of carbonyl (C=O) groups is 3. The molecule has 0 spiro atoms. The summed E-state index contributed by atoms with van der Waals surface area (Å²) in [5.41, 5.74) is 23.3. The number of nitro benzene ring substituents is 1. The molecule has 4 unspecified atom stereocenters. The molecule has 630 valence electrons. The third-order valence-corrected chi connectivity index (χ3v) is 25.0. The fourth-order valence-electron chi connectivity index (χ4n) is 15.0. The van der Waals surface area contributed by atoms with Crippen LogP contribution in [0.5, 0.6) is 0 Å². The third-order valence-electron chi connectivity index (χ3n) is 21.5. The normalized spacial score (nSPS) is 16.7. The zero-order valence-electron chi connectivity index (χ0n) is 70.6. The number of aromatic amines is 4. The molecule has 21 nitrogen and oxygen atoms in total. The molecule has 7 aromatic heterocycles. The van der Waals surface area contributed by atoms with Gasteiger partial charge >= 0.3 is 18.3 Å². The van der Waals surface area contributed by atoms with Crippen molar-refractivity contribution in [1.29, 1.82) is 16.2 Å². The van der Waals surface area contributed by atoms with Crippen LogP contribution in [0.4, 0.5) is 25.8 Å². The molecule has 26 heteroatoms. The standard InChI is InChI=1S/C26H31N3O2S.C21H23N3S.C20H25N3O4.C20H27N3O2.C6H7NS2.HI/c1-26(2,3)31-25(30)29(4)19-10-8-18(9-11-19)21-16-28-23-12-7-17(14-20(21)23)15-22(27)24-6-5-13-32-24;1-23-16-7-5-15(6-8-16)18-13-24-20-9-4-14(11-17(18)20)12-19(22)21-3-2-10-25-21;1-20(2,3)27-19(24)22(4)14-7-5-13(6-8-14)17-12-21-18-10-9-15(23(25)26)11-16(17)18;1-20(2,3)25-19(24)23(4)15-8-5-13(6-9-15)17-12-22-18-10-7-14(21)11-16(17)18;1-8-6(7)5-3-2-4-9-5;/h5-8,12-14,16,19,27-28H,9-11,15H2,1-4H3;2-5,9-11,13,16,22-24H,6-8,12H2,1H3;5,9-12,14,21H,6-8H2,1-4H3;5,7,10-12,15,22H,6,8-9,21H2,1-4H3;2-4,7H,1H3;1H. The summed E-state index contributed by atoms with van der Waals surface area (Å²) in [5.74, 6) is 0. The van der Waals surface area contributed by atoms with Crippen LogP contribution in [0.2, 0.25) is 0 Å². The molecule has 4 aliphatic rings. The highest BCUT2D eigenvalue weighted by Gasteiger charge is 2.32. The lowest BCUT2D eigenvalue weighted by atomic mass is 9.89. The summed E-state index contributed by atoms with van der Waals surface area (Å²) in [6.07, 6.45) is 30.7. The minimum atomic E-state index is -0.514. The highest BCUT2D eigenvalue weighted by atomic mass is 127. The van der Waals surface area contributed by atoms with E-state index in [0.29, 0.717) is 35.4 Å². The highest BCUT2D eigenvalue weighted by Crippen LogP contribution is 2.40. The van der Waals surface area contributed by atoms with Crippen LogP contribution < -0.4 is 11.1 Å². The van der Waals surface area contributed by atoms with Crippen molar-refractivity contribution in [2.45, 2.75) is 193 Å². The number of hydrogen-bond acceptors (Lipinski definition) is 17. The van der Waals surface area contributed by atoms with E-state index in [-0.39, 0.29) is 71.0 Å². The van der Waals surface area contributed by atoms with E-state index in [9.17, 15) is 24.5 Å². The number of fused-ring (bicyclic) bond motifs is 4. The molecule has 0 saturated heterocycles. The first-order valence-corrected chi connectivity index (χ1v) is 44.1. The van der Waals surface area contributed by atoms with Crippen molar-refractivity contribution in [3.8, 4) is 0 Å². The number of nitro groups is 1. The Labute approximate surface area is 731 Å². The Morgan fingerprint density at radius 1 is 0.504 bits per heavy atom. The number of nitrogens with zero attached hydrogens (tertiary/aromatic N) is 4. The van der Waals surface area contributed by atoms with Crippen LogP contribution in [0.25, 0.3) is 65.9 Å². The second-order valence-corrected chi connectivity index (χ2v) is 37.0. The van der Waals surface area contributed by atoms with Gasteiger partial charge in [-0.2, -0.15) is 0 Å². The molecule has 4 aliphatic carbocycles. The smallest absolute Gasteiger partial charge is 0.410 e. The maximum absolute atomic E-state index is 12.4. The summed E-state index contributed by atoms with van der Waals surface area (Å²) >= 11 is 6.34. The van der Waals surface area contributed by atoms with Crippen molar-refractivity contribution in [2.75, 3.05) is 40.2 Å². The van der Waals surface area contributed by atoms with Gasteiger partial charge in [-0.25, -0.2) is 14.4 Å². The molecule has 4 atom stereocenters. The van der Waals surface area contributed by atoms with Crippen molar-refractivity contribution in [2.24, 2.45) is 0 Å². The van der Waals surface area contributed by atoms with Crippen LogP contribution in [0.1, 0.15) is 187 Å². The number of thioether (sulfide) groups is 1. The van der Waals surface area contributed by atoms with Gasteiger partial charge in [0.1, 0.15) is 21.8 Å². The van der Waals surface area contributed by atoms with Crippen molar-refractivity contribution < 1.29 is 33.5 Å². The van der Waals surface area contributed by atoms with Gasteiger partial charge in [0.2, 0.25) is 0 Å². The van der Waals surface area contributed by atoms with Crippen molar-refractivity contribution in [1.82, 2.24) is 40.0 Å². The van der Waals surface area contributed by atoms with Crippen molar-refractivity contribution in [3.05, 3.63) is 233 Å². The predicted octanol–water partition coefficient (Wildman–Crippen LogP) is 24.1. The first kappa shape index (κ1) is 91.5. The van der Waals surface area contributed by atoms with E-state index in [2.05, 4.69) is 98.3 Å². The molecular formula is C93H114IN13O8S4. The topological polar surface area (TPSA) is 305 Å². The van der Waals surface area contributed by atoms with Crippen LogP contribution in [-0.2, 0) is 27.1 Å². The van der Waals surface area contributed by atoms with E-state index >= 15 is 0 Å². The summed E-state index contributed by atoms with van der Waals surface area (Å²) in [4.78, 5) is 69.2. The Morgan fingerprint density at radius 3 is 1.15 bits per heavy atom. The van der Waals surface area contributed by atoms with Gasteiger partial charge in [0.05, 0.1) is 21.2 Å². The average molecular weight is 1800 g/mol. The number of ether oxygens (including phenoxy) is 3. The van der Waals surface area contributed by atoms with Gasteiger partial charge in [-0.05, 0) is 269 Å². The predicted molar refractivity (Wildman–Crippen MR) is 508 cm³/mol. The van der Waals surface area contributed by atoms with E-state index in [0.717, 1.165) is 135 Å². The molecular weight excluding hydrogens is 1680 g/mol. The number of amides is 3. The maximum Gasteiger partial charge on any atom is 0.410 e. The minimum absolute atomic E-state index is 0. The number of non-ortho nitro benzene ring substituents is 1. The summed E-state index contributed by atoms with van der Waals surface area (Å²) in [5, 5.41) is 49.7. The number of nitrogen functional groups attached to an aromatic ring is 1. The number of carbonyl (C=O) groups excluding carboxylic acids is 3. The number of benzene rings is 4. The first-order valence-electron chi connectivity index (χ1n) is 40.2. The van der Waals surface area contributed by atoms with Gasteiger partial charge in [-0.15, -0.1) is 69.7 Å². The van der Waals surface area contributed by atoms with Crippen molar-refractivity contribution in [3.63, 3.8) is 0 Å². The Balaban J connectivity index is 0.000000161. The molecule has 0 radical (unpaired) electrons. The van der Waals surface area contributed by atoms with Crippen LogP contribution in [0, 0.1) is 26.3 Å². The largest absolute Gasteiger partial charge is 0.444 e. The summed E-state index contributed by atoms with van der Waals surface area (Å²) in [6, 6.07) is 36.7. The maximum atomic E-state index is 12.4. The van der Waals surface area contributed by atoms with E-state index in [1.165, 1.54) is 79.5 Å². The monoisotopic (exact) mass is 1800 g/mol. The Hall–Kier alpha value is -9.84. The van der Waals surface area contributed by atoms with Gasteiger partial charge in [0, 0.05) is 176 Å². The Kier molecular flexibility index (Phi) is 31.5. The number of halogens is 1. The third kappa shape index (κ3) is 24.7. The molecule has 7 heterocycles. The number of nitrogens with two attached hydrogens (primary N) is 1. The average Bonchev–Trinajstić information content (AvgIpc) is 1.62. The highest BCUT2D eigenvalue weighted by molar-refractivity contribution is 14.0. The fourth-order valence-corrected chi connectivity index (χ4v) is 17.6. The lowest BCUT2D eigenvalue weighted by molar-refractivity contribution is -0.384. The molecule has 119 heavy (non-hydrogen) atoms. The number of allylic oxidation sites excluding steroid dienone is 4. The number of thiophene rings is 3. The minimum Gasteiger partial charge on any atom is -0.444 e.